The Kier molecular flexibility index (Phi) is 6.23. The number of nitrogens with zero attached hydrogens (tertiary/aromatic N) is 5. The molecule has 1 aliphatic heterocycles. The van der Waals surface area contributed by atoms with Crippen LogP contribution in [0.5, 0.6) is 5.75 Å². The van der Waals surface area contributed by atoms with Crippen LogP contribution in [-0.4, -0.2) is 64.1 Å². The van der Waals surface area contributed by atoms with Crippen molar-refractivity contribution in [1.82, 2.24) is 19.7 Å². The lowest BCUT2D eigenvalue weighted by atomic mass is 10.2. The van der Waals surface area contributed by atoms with E-state index in [1.807, 2.05) is 58.9 Å². The van der Waals surface area contributed by atoms with Gasteiger partial charge in [-0.05, 0) is 31.2 Å². The highest BCUT2D eigenvalue weighted by Crippen LogP contribution is 2.29. The first-order valence-electron chi connectivity index (χ1n) is 9.96. The second kappa shape index (κ2) is 9.21. The molecule has 1 unspecified atom stereocenters. The van der Waals surface area contributed by atoms with E-state index in [1.54, 1.807) is 13.4 Å². The fourth-order valence-electron chi connectivity index (χ4n) is 3.59. The molecule has 0 aliphatic carbocycles. The van der Waals surface area contributed by atoms with Crippen molar-refractivity contribution in [2.75, 3.05) is 38.2 Å². The number of methoxy groups -OCH3 is 1. The van der Waals surface area contributed by atoms with Crippen molar-refractivity contribution >= 4 is 23.4 Å². The number of hydrogen-bond donors (Lipinski definition) is 0. The number of piperazine rings is 1. The summed E-state index contributed by atoms with van der Waals surface area (Å²) in [6, 6.07) is 18.0. The minimum absolute atomic E-state index is 0.127. The number of carbonyl (C=O) groups excluding carboxylic acids is 1. The molecule has 4 rings (SSSR count). The van der Waals surface area contributed by atoms with E-state index in [1.165, 1.54) is 17.4 Å². The zero-order chi connectivity index (χ0) is 20.9. The number of thioether (sulfide) groups is 1. The van der Waals surface area contributed by atoms with Crippen molar-refractivity contribution in [3.63, 3.8) is 0 Å². The number of anilines is 1. The summed E-state index contributed by atoms with van der Waals surface area (Å²) in [6.07, 6.45) is 1.65. The van der Waals surface area contributed by atoms with Gasteiger partial charge < -0.3 is 14.5 Å². The summed E-state index contributed by atoms with van der Waals surface area (Å²) >= 11 is 1.42. The van der Waals surface area contributed by atoms with Crippen LogP contribution < -0.4 is 9.64 Å². The average molecular weight is 424 g/mol. The Hall–Kier alpha value is -3.00. The fraction of sp³-hybridized carbons (Fsp3) is 0.318. The van der Waals surface area contributed by atoms with E-state index in [2.05, 4.69) is 27.2 Å². The molecule has 30 heavy (non-hydrogen) atoms. The number of hydrogen-bond acceptors (Lipinski definition) is 6. The molecule has 0 saturated carbocycles. The van der Waals surface area contributed by atoms with Gasteiger partial charge in [-0.15, -0.1) is 10.2 Å². The first-order chi connectivity index (χ1) is 14.7. The molecule has 1 fully saturated rings. The Labute approximate surface area is 180 Å². The molecular weight excluding hydrogens is 398 g/mol. The molecule has 156 valence electrons. The van der Waals surface area contributed by atoms with Crippen molar-refractivity contribution in [2.45, 2.75) is 17.3 Å². The molecule has 2 aromatic carbocycles. The van der Waals surface area contributed by atoms with Crippen molar-refractivity contribution in [3.8, 4) is 11.4 Å². The van der Waals surface area contributed by atoms with Crippen LogP contribution in [0.3, 0.4) is 0 Å². The van der Waals surface area contributed by atoms with E-state index in [4.69, 9.17) is 4.74 Å². The van der Waals surface area contributed by atoms with Crippen LogP contribution in [0.15, 0.2) is 66.1 Å². The van der Waals surface area contributed by atoms with Crippen molar-refractivity contribution in [3.05, 3.63) is 60.9 Å². The molecule has 0 radical (unpaired) electrons. The van der Waals surface area contributed by atoms with Gasteiger partial charge in [0.1, 0.15) is 12.1 Å². The number of para-hydroxylation sites is 3. The van der Waals surface area contributed by atoms with Crippen LogP contribution in [0.4, 0.5) is 5.69 Å². The van der Waals surface area contributed by atoms with Crippen LogP contribution in [-0.2, 0) is 4.79 Å². The molecule has 7 nitrogen and oxygen atoms in total. The van der Waals surface area contributed by atoms with E-state index in [0.717, 1.165) is 37.6 Å². The number of rotatable bonds is 6. The molecular formula is C22H25N5O2S. The molecule has 8 heteroatoms. The molecule has 0 N–H and O–H groups in total. The van der Waals surface area contributed by atoms with E-state index in [-0.39, 0.29) is 11.2 Å². The summed E-state index contributed by atoms with van der Waals surface area (Å²) in [7, 11) is 1.64. The van der Waals surface area contributed by atoms with Crippen LogP contribution in [0.25, 0.3) is 5.69 Å². The molecule has 1 aromatic heterocycles. The summed E-state index contributed by atoms with van der Waals surface area (Å²) in [5, 5.41) is 8.69. The summed E-state index contributed by atoms with van der Waals surface area (Å²) in [5.74, 6) is 0.859. The molecule has 2 heterocycles. The quantitative estimate of drug-likeness (QED) is 0.568. The normalized spacial score (nSPS) is 15.1. The van der Waals surface area contributed by atoms with Crippen molar-refractivity contribution < 1.29 is 9.53 Å². The number of aromatic nitrogens is 3. The van der Waals surface area contributed by atoms with Gasteiger partial charge in [0.25, 0.3) is 0 Å². The Morgan fingerprint density at radius 1 is 1.03 bits per heavy atom. The second-order valence-corrected chi connectivity index (χ2v) is 8.37. The first-order valence-corrected chi connectivity index (χ1v) is 10.8. The summed E-state index contributed by atoms with van der Waals surface area (Å²) in [6.45, 7) is 5.04. The fourth-order valence-corrected chi connectivity index (χ4v) is 4.51. The number of amides is 1. The lowest BCUT2D eigenvalue weighted by Gasteiger charge is -2.37. The minimum Gasteiger partial charge on any atom is -0.495 e. The lowest BCUT2D eigenvalue weighted by molar-refractivity contribution is -0.130. The lowest BCUT2D eigenvalue weighted by Crippen LogP contribution is -2.50. The second-order valence-electron chi connectivity index (χ2n) is 7.06. The predicted octanol–water partition coefficient (Wildman–Crippen LogP) is 3.11. The Morgan fingerprint density at radius 2 is 1.73 bits per heavy atom. The van der Waals surface area contributed by atoms with E-state index >= 15 is 0 Å². The maximum Gasteiger partial charge on any atom is 0.236 e. The molecule has 1 saturated heterocycles. The smallest absolute Gasteiger partial charge is 0.236 e. The van der Waals surface area contributed by atoms with Crippen LogP contribution in [0.2, 0.25) is 0 Å². The number of carbonyl (C=O) groups is 1. The van der Waals surface area contributed by atoms with Gasteiger partial charge in [-0.25, -0.2) is 0 Å². The standard InChI is InChI=1S/C22H25N5O2S/c1-17(21(28)26-14-12-25(13-15-26)18-8-4-3-5-9-18)30-22-24-23-16-27(22)19-10-6-7-11-20(19)29-2/h3-11,16-17H,12-15H2,1-2H3. The van der Waals surface area contributed by atoms with Crippen LogP contribution in [0.1, 0.15) is 6.92 Å². The third-order valence-electron chi connectivity index (χ3n) is 5.20. The first kappa shape index (κ1) is 20.3. The van der Waals surface area contributed by atoms with Gasteiger partial charge in [0.2, 0.25) is 5.91 Å². The molecule has 0 spiro atoms. The molecule has 1 amide bonds. The van der Waals surface area contributed by atoms with Gasteiger partial charge >= 0.3 is 0 Å². The largest absolute Gasteiger partial charge is 0.495 e. The molecule has 1 aliphatic rings. The summed E-state index contributed by atoms with van der Waals surface area (Å²) in [4.78, 5) is 17.3. The zero-order valence-electron chi connectivity index (χ0n) is 17.1. The SMILES string of the molecule is COc1ccccc1-n1cnnc1SC(C)C(=O)N1CCN(c2ccccc2)CC1. The summed E-state index contributed by atoms with van der Waals surface area (Å²) in [5.41, 5.74) is 2.06. The van der Waals surface area contributed by atoms with E-state index < -0.39 is 0 Å². The summed E-state index contributed by atoms with van der Waals surface area (Å²) < 4.78 is 7.31. The average Bonchev–Trinajstić information content (AvgIpc) is 3.27. The topological polar surface area (TPSA) is 63.5 Å². The highest BCUT2D eigenvalue weighted by molar-refractivity contribution is 8.00. The Balaban J connectivity index is 1.40. The van der Waals surface area contributed by atoms with Gasteiger partial charge in [0, 0.05) is 31.9 Å². The minimum atomic E-state index is -0.258. The van der Waals surface area contributed by atoms with Gasteiger partial charge in [-0.3, -0.25) is 9.36 Å². The van der Waals surface area contributed by atoms with Gasteiger partial charge in [0.15, 0.2) is 5.16 Å². The molecule has 0 bridgehead atoms. The number of benzene rings is 2. The highest BCUT2D eigenvalue weighted by atomic mass is 32.2. The zero-order valence-corrected chi connectivity index (χ0v) is 18.0. The van der Waals surface area contributed by atoms with Crippen LogP contribution in [0, 0.1) is 0 Å². The predicted molar refractivity (Wildman–Crippen MR) is 118 cm³/mol. The van der Waals surface area contributed by atoms with Crippen molar-refractivity contribution in [2.24, 2.45) is 0 Å². The maximum absolute atomic E-state index is 13.0. The number of ether oxygens (including phenoxy) is 1. The Bertz CT molecular complexity index is 986. The Morgan fingerprint density at radius 3 is 2.47 bits per heavy atom. The monoisotopic (exact) mass is 423 g/mol. The maximum atomic E-state index is 13.0. The third kappa shape index (κ3) is 4.28. The highest BCUT2D eigenvalue weighted by Gasteiger charge is 2.27. The third-order valence-corrected chi connectivity index (χ3v) is 6.25. The van der Waals surface area contributed by atoms with Gasteiger partial charge in [-0.1, -0.05) is 42.1 Å². The van der Waals surface area contributed by atoms with Crippen LogP contribution >= 0.6 is 11.8 Å². The molecule has 1 atom stereocenters. The van der Waals surface area contributed by atoms with E-state index in [0.29, 0.717) is 5.16 Å². The van der Waals surface area contributed by atoms with Crippen molar-refractivity contribution in [1.29, 1.82) is 0 Å². The molecule has 3 aromatic rings. The van der Waals surface area contributed by atoms with E-state index in [9.17, 15) is 4.79 Å². The van der Waals surface area contributed by atoms with Gasteiger partial charge in [0.05, 0.1) is 18.0 Å². The van der Waals surface area contributed by atoms with Gasteiger partial charge in [-0.2, -0.15) is 0 Å².